The normalized spacial score (nSPS) is 12.2. The van der Waals surface area contributed by atoms with Gasteiger partial charge in [-0.15, -0.1) is 0 Å². The van der Waals surface area contributed by atoms with Crippen LogP contribution in [-0.2, 0) is 4.79 Å². The molecule has 0 saturated heterocycles. The van der Waals surface area contributed by atoms with Crippen molar-refractivity contribution in [1.82, 2.24) is 10.6 Å². The molecule has 156 valence electrons. The number of thiocarbonyl (C=S) groups is 1. The van der Waals surface area contributed by atoms with Crippen molar-refractivity contribution in [3.05, 3.63) is 65.2 Å². The number of nitrogens with one attached hydrogen (secondary N) is 2. The lowest BCUT2D eigenvalue weighted by Gasteiger charge is -2.25. The van der Waals surface area contributed by atoms with Crippen LogP contribution in [0.3, 0.4) is 0 Å². The number of hydrogen-bond donors (Lipinski definition) is 2. The average Bonchev–Trinajstić information content (AvgIpc) is 2.68. The minimum atomic E-state index is -0.535. The summed E-state index contributed by atoms with van der Waals surface area (Å²) in [5, 5.41) is 6.36. The molecule has 0 aliphatic heterocycles. The summed E-state index contributed by atoms with van der Waals surface area (Å²) >= 11 is 5.33. The second-order valence-corrected chi connectivity index (χ2v) is 8.57. The first-order valence-corrected chi connectivity index (χ1v) is 10.5. The number of aryl methyl sites for hydroxylation is 2. The summed E-state index contributed by atoms with van der Waals surface area (Å²) in [7, 11) is 0. The number of amides is 1. The number of carbonyl (C=O) groups excluding carboxylic acids is 1. The first-order valence-electron chi connectivity index (χ1n) is 10.1. The Kier molecular flexibility index (Phi) is 8.21. The van der Waals surface area contributed by atoms with Crippen LogP contribution >= 0.6 is 12.2 Å². The summed E-state index contributed by atoms with van der Waals surface area (Å²) in [5.74, 6) is 0.828. The largest absolute Gasteiger partial charge is 0.493 e. The van der Waals surface area contributed by atoms with Gasteiger partial charge in [0, 0.05) is 5.41 Å². The van der Waals surface area contributed by atoms with Gasteiger partial charge in [0.1, 0.15) is 5.75 Å². The quantitative estimate of drug-likeness (QED) is 0.460. The molecule has 2 aromatic rings. The molecule has 1 amide bonds. The molecule has 2 rings (SSSR count). The Bertz CT molecular complexity index is 834. The van der Waals surface area contributed by atoms with E-state index in [0.717, 1.165) is 23.3 Å². The third-order valence-corrected chi connectivity index (χ3v) is 5.26. The molecular formula is C24H32N2O2S. The lowest BCUT2D eigenvalue weighted by Crippen LogP contribution is -2.46. The number of rotatable bonds is 8. The van der Waals surface area contributed by atoms with E-state index in [1.165, 1.54) is 5.56 Å². The molecule has 0 spiro atoms. The van der Waals surface area contributed by atoms with Crippen molar-refractivity contribution in [2.24, 2.45) is 5.41 Å². The molecule has 2 N–H and O–H groups in total. The molecule has 0 saturated carbocycles. The Balaban J connectivity index is 1.78. The molecule has 0 aliphatic carbocycles. The Morgan fingerprint density at radius 2 is 1.83 bits per heavy atom. The second-order valence-electron chi connectivity index (χ2n) is 8.16. The summed E-state index contributed by atoms with van der Waals surface area (Å²) in [6, 6.07) is 16.2. The monoisotopic (exact) mass is 412 g/mol. The zero-order valence-electron chi connectivity index (χ0n) is 18.0. The molecule has 0 radical (unpaired) electrons. The van der Waals surface area contributed by atoms with Gasteiger partial charge in [-0.25, -0.2) is 0 Å². The maximum atomic E-state index is 12.7. The summed E-state index contributed by atoms with van der Waals surface area (Å²) < 4.78 is 5.91. The van der Waals surface area contributed by atoms with E-state index in [9.17, 15) is 4.79 Å². The van der Waals surface area contributed by atoms with Crippen LogP contribution in [0.2, 0.25) is 0 Å². The topological polar surface area (TPSA) is 50.4 Å². The Morgan fingerprint density at radius 3 is 2.52 bits per heavy atom. The van der Waals surface area contributed by atoms with E-state index in [1.807, 2.05) is 64.1 Å². The molecular weight excluding hydrogens is 380 g/mol. The Hall–Kier alpha value is -2.40. The van der Waals surface area contributed by atoms with Gasteiger partial charge in [-0.3, -0.25) is 4.79 Å². The summed E-state index contributed by atoms with van der Waals surface area (Å²) in [4.78, 5) is 12.7. The van der Waals surface area contributed by atoms with Crippen molar-refractivity contribution in [2.45, 2.75) is 53.5 Å². The number of benzene rings is 2. The van der Waals surface area contributed by atoms with Crippen molar-refractivity contribution in [1.29, 1.82) is 0 Å². The van der Waals surface area contributed by atoms with Crippen LogP contribution in [0, 0.1) is 19.3 Å². The zero-order chi connectivity index (χ0) is 21.4. The summed E-state index contributed by atoms with van der Waals surface area (Å²) in [6.45, 7) is 10.6. The molecule has 0 aromatic heterocycles. The minimum absolute atomic E-state index is 0.0260. The van der Waals surface area contributed by atoms with Gasteiger partial charge in [-0.05, 0) is 68.6 Å². The third kappa shape index (κ3) is 7.17. The standard InChI is InChI=1S/C24H32N2O2S/c1-17-12-13-18(2)21(16-17)28-15-9-14-24(4,5)22(27)26-23(29)25-19(3)20-10-7-6-8-11-20/h6-8,10-13,16,19H,9,14-15H2,1-5H3,(H2,25,26,27,29). The third-order valence-electron chi connectivity index (χ3n) is 5.04. The van der Waals surface area contributed by atoms with E-state index in [-0.39, 0.29) is 11.9 Å². The van der Waals surface area contributed by atoms with E-state index in [0.29, 0.717) is 18.1 Å². The molecule has 0 aliphatic rings. The SMILES string of the molecule is Cc1ccc(C)c(OCCCC(C)(C)C(=O)NC(=S)NC(C)c2ccccc2)c1. The van der Waals surface area contributed by atoms with E-state index < -0.39 is 5.41 Å². The maximum Gasteiger partial charge on any atom is 0.231 e. The van der Waals surface area contributed by atoms with Crippen molar-refractivity contribution in [3.8, 4) is 5.75 Å². The lowest BCUT2D eigenvalue weighted by atomic mass is 9.87. The number of ether oxygens (including phenoxy) is 1. The van der Waals surface area contributed by atoms with Gasteiger partial charge >= 0.3 is 0 Å². The fourth-order valence-electron chi connectivity index (χ4n) is 3.00. The summed E-state index contributed by atoms with van der Waals surface area (Å²) in [5.41, 5.74) is 2.88. The molecule has 29 heavy (non-hydrogen) atoms. The van der Waals surface area contributed by atoms with Gasteiger partial charge in [0.2, 0.25) is 5.91 Å². The van der Waals surface area contributed by atoms with Gasteiger partial charge < -0.3 is 15.4 Å². The maximum absolute atomic E-state index is 12.7. The van der Waals surface area contributed by atoms with E-state index in [4.69, 9.17) is 17.0 Å². The number of hydrogen-bond acceptors (Lipinski definition) is 3. The molecule has 1 unspecified atom stereocenters. The molecule has 1 atom stereocenters. The molecule has 0 fully saturated rings. The second kappa shape index (κ2) is 10.4. The predicted octanol–water partition coefficient (Wildman–Crippen LogP) is 5.24. The van der Waals surface area contributed by atoms with E-state index in [1.54, 1.807) is 0 Å². The fraction of sp³-hybridized carbons (Fsp3) is 0.417. The predicted molar refractivity (Wildman–Crippen MR) is 123 cm³/mol. The average molecular weight is 413 g/mol. The Labute approximate surface area is 180 Å². The van der Waals surface area contributed by atoms with Gasteiger partial charge in [0.05, 0.1) is 12.6 Å². The Morgan fingerprint density at radius 1 is 1.14 bits per heavy atom. The van der Waals surface area contributed by atoms with Crippen LogP contribution < -0.4 is 15.4 Å². The van der Waals surface area contributed by atoms with Crippen molar-refractivity contribution >= 4 is 23.2 Å². The van der Waals surface area contributed by atoms with Crippen molar-refractivity contribution in [2.75, 3.05) is 6.61 Å². The van der Waals surface area contributed by atoms with Crippen LogP contribution in [0.1, 0.15) is 56.3 Å². The first kappa shape index (κ1) is 22.9. The summed E-state index contributed by atoms with van der Waals surface area (Å²) in [6.07, 6.45) is 1.49. The molecule has 0 heterocycles. The molecule has 0 bridgehead atoms. The zero-order valence-corrected chi connectivity index (χ0v) is 18.9. The molecule has 2 aromatic carbocycles. The van der Waals surface area contributed by atoms with Gasteiger partial charge in [0.25, 0.3) is 0 Å². The highest BCUT2D eigenvalue weighted by molar-refractivity contribution is 7.80. The molecule has 5 heteroatoms. The minimum Gasteiger partial charge on any atom is -0.493 e. The fourth-order valence-corrected chi connectivity index (χ4v) is 3.27. The van der Waals surface area contributed by atoms with Crippen LogP contribution in [0.25, 0.3) is 0 Å². The lowest BCUT2D eigenvalue weighted by molar-refractivity contribution is -0.128. The van der Waals surface area contributed by atoms with Gasteiger partial charge in [0.15, 0.2) is 5.11 Å². The van der Waals surface area contributed by atoms with Crippen LogP contribution in [0.15, 0.2) is 48.5 Å². The highest BCUT2D eigenvalue weighted by Gasteiger charge is 2.28. The molecule has 4 nitrogen and oxygen atoms in total. The van der Waals surface area contributed by atoms with Crippen LogP contribution in [0.5, 0.6) is 5.75 Å². The number of carbonyl (C=O) groups is 1. The van der Waals surface area contributed by atoms with Crippen LogP contribution in [-0.4, -0.2) is 17.6 Å². The van der Waals surface area contributed by atoms with E-state index >= 15 is 0 Å². The van der Waals surface area contributed by atoms with Crippen molar-refractivity contribution in [3.63, 3.8) is 0 Å². The van der Waals surface area contributed by atoms with E-state index in [2.05, 4.69) is 29.7 Å². The highest BCUT2D eigenvalue weighted by Crippen LogP contribution is 2.24. The highest BCUT2D eigenvalue weighted by atomic mass is 32.1. The van der Waals surface area contributed by atoms with Crippen LogP contribution in [0.4, 0.5) is 0 Å². The first-order chi connectivity index (χ1) is 13.7. The van der Waals surface area contributed by atoms with Crippen molar-refractivity contribution < 1.29 is 9.53 Å². The van der Waals surface area contributed by atoms with Gasteiger partial charge in [-0.1, -0.05) is 56.3 Å². The van der Waals surface area contributed by atoms with Gasteiger partial charge in [-0.2, -0.15) is 0 Å². The smallest absolute Gasteiger partial charge is 0.231 e.